The predicted octanol–water partition coefficient (Wildman–Crippen LogP) is 5.55. The maximum Gasteiger partial charge on any atom is 0.416 e. The fourth-order valence-corrected chi connectivity index (χ4v) is 4.45. The van der Waals surface area contributed by atoms with Crippen LogP contribution in [0.15, 0.2) is 46.2 Å². The average Bonchev–Trinajstić information content (AvgIpc) is 2.60. The van der Waals surface area contributed by atoms with Crippen LogP contribution in [0.1, 0.15) is 37.5 Å². The number of aliphatic hydroxyl groups excluding tert-OH is 1. The first-order valence-corrected chi connectivity index (χ1v) is 10.7. The number of benzene rings is 2. The number of nitrogens with one attached hydrogen (secondary N) is 1. The third kappa shape index (κ3) is 5.73. The van der Waals surface area contributed by atoms with Gasteiger partial charge in [0.25, 0.3) is 0 Å². The van der Waals surface area contributed by atoms with Gasteiger partial charge in [0.15, 0.2) is 0 Å². The first kappa shape index (κ1) is 23.2. The van der Waals surface area contributed by atoms with Gasteiger partial charge in [-0.25, -0.2) is 8.93 Å². The highest BCUT2D eigenvalue weighted by molar-refractivity contribution is 7.99. The standard InChI is InChI=1S/C19H21ClF3NO2S2/c1-18(2,3)28(26)24-10-13-14(19(21,22)23)8-9-15(20)17(13)27-16-7-5-4-6-12(16)11-25/h4-9,24-25H,10-11H2,1-3H3. The van der Waals surface area contributed by atoms with Gasteiger partial charge in [0.2, 0.25) is 0 Å². The summed E-state index contributed by atoms with van der Waals surface area (Å²) in [6, 6.07) is 9.00. The zero-order valence-electron chi connectivity index (χ0n) is 15.6. The number of hydrogen-bond acceptors (Lipinski definition) is 3. The summed E-state index contributed by atoms with van der Waals surface area (Å²) < 4.78 is 55.2. The monoisotopic (exact) mass is 451 g/mol. The maximum atomic E-state index is 13.6. The summed E-state index contributed by atoms with van der Waals surface area (Å²) in [7, 11) is -1.55. The van der Waals surface area contributed by atoms with Crippen molar-refractivity contribution in [3.63, 3.8) is 0 Å². The Labute approximate surface area is 174 Å². The number of halogens is 4. The highest BCUT2D eigenvalue weighted by Gasteiger charge is 2.35. The van der Waals surface area contributed by atoms with E-state index in [2.05, 4.69) is 4.72 Å². The number of alkyl halides is 3. The van der Waals surface area contributed by atoms with E-state index < -0.39 is 27.5 Å². The van der Waals surface area contributed by atoms with Crippen molar-refractivity contribution in [3.05, 3.63) is 58.1 Å². The lowest BCUT2D eigenvalue weighted by Crippen LogP contribution is -2.33. The highest BCUT2D eigenvalue weighted by atomic mass is 35.5. The Hall–Kier alpha value is -1.06. The highest BCUT2D eigenvalue weighted by Crippen LogP contribution is 2.43. The topological polar surface area (TPSA) is 49.3 Å². The Morgan fingerprint density at radius 1 is 1.14 bits per heavy atom. The van der Waals surface area contributed by atoms with Crippen LogP contribution in [0.5, 0.6) is 0 Å². The predicted molar refractivity (Wildman–Crippen MR) is 108 cm³/mol. The number of hydrogen-bond donors (Lipinski definition) is 2. The van der Waals surface area contributed by atoms with Crippen molar-refractivity contribution in [1.29, 1.82) is 0 Å². The maximum absolute atomic E-state index is 13.6. The van der Waals surface area contributed by atoms with Crippen LogP contribution in [-0.4, -0.2) is 14.1 Å². The molecule has 0 bridgehead atoms. The van der Waals surface area contributed by atoms with E-state index in [-0.39, 0.29) is 28.6 Å². The van der Waals surface area contributed by atoms with Crippen LogP contribution in [0.2, 0.25) is 5.02 Å². The fourth-order valence-electron chi connectivity index (χ4n) is 2.35. The first-order valence-electron chi connectivity index (χ1n) is 8.35. The lowest BCUT2D eigenvalue weighted by molar-refractivity contribution is -0.138. The molecule has 0 heterocycles. The van der Waals surface area contributed by atoms with E-state index in [0.717, 1.165) is 17.8 Å². The molecule has 9 heteroatoms. The molecule has 3 nitrogen and oxygen atoms in total. The number of rotatable bonds is 6. The van der Waals surface area contributed by atoms with Crippen molar-refractivity contribution < 1.29 is 22.5 Å². The molecule has 0 aliphatic rings. The molecule has 2 aromatic rings. The summed E-state index contributed by atoms with van der Waals surface area (Å²) >= 11 is 7.30. The van der Waals surface area contributed by atoms with Gasteiger partial charge in [-0.2, -0.15) is 13.2 Å². The molecule has 0 aliphatic heterocycles. The third-order valence-electron chi connectivity index (χ3n) is 3.81. The van der Waals surface area contributed by atoms with Gasteiger partial charge in [0.1, 0.15) is 0 Å². The Kier molecular flexibility index (Phi) is 7.61. The average molecular weight is 452 g/mol. The molecule has 2 N–H and O–H groups in total. The van der Waals surface area contributed by atoms with Gasteiger partial charge in [0, 0.05) is 16.3 Å². The Balaban J connectivity index is 2.52. The van der Waals surface area contributed by atoms with Gasteiger partial charge in [-0.05, 0) is 50.1 Å². The zero-order valence-corrected chi connectivity index (χ0v) is 18.0. The van der Waals surface area contributed by atoms with Crippen LogP contribution >= 0.6 is 23.4 Å². The Bertz CT molecular complexity index is 867. The molecule has 0 amide bonds. The van der Waals surface area contributed by atoms with E-state index in [1.807, 2.05) is 0 Å². The lowest BCUT2D eigenvalue weighted by Gasteiger charge is -2.22. The molecule has 0 radical (unpaired) electrons. The molecule has 154 valence electrons. The molecule has 0 fully saturated rings. The van der Waals surface area contributed by atoms with Crippen LogP contribution in [0.25, 0.3) is 0 Å². The summed E-state index contributed by atoms with van der Waals surface area (Å²) in [6.07, 6.45) is -4.59. The van der Waals surface area contributed by atoms with E-state index in [9.17, 15) is 22.5 Å². The minimum Gasteiger partial charge on any atom is -0.392 e. The normalized spacial score (nSPS) is 13.6. The van der Waals surface area contributed by atoms with E-state index in [4.69, 9.17) is 11.6 Å². The van der Waals surface area contributed by atoms with Gasteiger partial charge in [-0.1, -0.05) is 41.6 Å². The van der Waals surface area contributed by atoms with E-state index in [0.29, 0.717) is 10.5 Å². The molecule has 0 saturated carbocycles. The summed E-state index contributed by atoms with van der Waals surface area (Å²) in [5.41, 5.74) is -0.326. The molecule has 1 unspecified atom stereocenters. The van der Waals surface area contributed by atoms with Crippen LogP contribution in [0.4, 0.5) is 13.2 Å². The van der Waals surface area contributed by atoms with Gasteiger partial charge in [-0.15, -0.1) is 0 Å². The number of aliphatic hydroxyl groups is 1. The lowest BCUT2D eigenvalue weighted by atomic mass is 10.1. The molecular formula is C19H21ClF3NO2S2. The molecule has 0 saturated heterocycles. The molecule has 2 rings (SSSR count). The Morgan fingerprint density at radius 3 is 2.36 bits per heavy atom. The van der Waals surface area contributed by atoms with Gasteiger partial charge < -0.3 is 5.11 Å². The van der Waals surface area contributed by atoms with Crippen molar-refractivity contribution in [2.24, 2.45) is 0 Å². The van der Waals surface area contributed by atoms with Crippen molar-refractivity contribution in [2.45, 2.75) is 54.6 Å². The molecule has 1 atom stereocenters. The molecule has 0 aromatic heterocycles. The second kappa shape index (κ2) is 9.17. The molecule has 0 aliphatic carbocycles. The first-order chi connectivity index (χ1) is 12.9. The quantitative estimate of drug-likeness (QED) is 0.605. The second-order valence-corrected chi connectivity index (χ2v) is 10.5. The minimum atomic E-state index is -4.59. The third-order valence-corrected chi connectivity index (χ3v) is 7.04. The van der Waals surface area contributed by atoms with Crippen LogP contribution in [0, 0.1) is 0 Å². The van der Waals surface area contributed by atoms with Gasteiger partial charge >= 0.3 is 6.18 Å². The summed E-state index contributed by atoms with van der Waals surface area (Å²) in [6.45, 7) is 4.67. The van der Waals surface area contributed by atoms with Crippen molar-refractivity contribution in [3.8, 4) is 0 Å². The van der Waals surface area contributed by atoms with E-state index in [1.54, 1.807) is 45.0 Å². The van der Waals surface area contributed by atoms with Crippen molar-refractivity contribution >= 4 is 34.3 Å². The summed E-state index contributed by atoms with van der Waals surface area (Å²) in [5, 5.41) is 9.66. The smallest absolute Gasteiger partial charge is 0.392 e. The second-order valence-electron chi connectivity index (χ2n) is 6.97. The summed E-state index contributed by atoms with van der Waals surface area (Å²) in [5.74, 6) is 0. The molecular weight excluding hydrogens is 431 g/mol. The van der Waals surface area contributed by atoms with Crippen LogP contribution in [0.3, 0.4) is 0 Å². The minimum absolute atomic E-state index is 0.0738. The van der Waals surface area contributed by atoms with E-state index >= 15 is 0 Å². The van der Waals surface area contributed by atoms with Crippen molar-refractivity contribution in [1.82, 2.24) is 4.72 Å². The Morgan fingerprint density at radius 2 is 1.79 bits per heavy atom. The van der Waals surface area contributed by atoms with Crippen LogP contribution < -0.4 is 4.72 Å². The van der Waals surface area contributed by atoms with Crippen LogP contribution in [-0.2, 0) is 30.3 Å². The largest absolute Gasteiger partial charge is 0.416 e. The van der Waals surface area contributed by atoms with Gasteiger partial charge in [0.05, 0.1) is 32.9 Å². The van der Waals surface area contributed by atoms with Crippen molar-refractivity contribution in [2.75, 3.05) is 0 Å². The molecule has 0 spiro atoms. The fraction of sp³-hybridized carbons (Fsp3) is 0.368. The molecule has 28 heavy (non-hydrogen) atoms. The molecule has 2 aromatic carbocycles. The van der Waals surface area contributed by atoms with E-state index in [1.165, 1.54) is 6.07 Å². The van der Waals surface area contributed by atoms with Gasteiger partial charge in [-0.3, -0.25) is 0 Å². The SMILES string of the molecule is CC(C)(C)S(=O)NCc1c(C(F)(F)F)ccc(Cl)c1Sc1ccccc1CO. The summed E-state index contributed by atoms with van der Waals surface area (Å²) in [4.78, 5) is 0.820. The zero-order chi connectivity index (χ0) is 21.1.